The zero-order valence-corrected chi connectivity index (χ0v) is 19.2. The number of rotatable bonds is 6. The summed E-state index contributed by atoms with van der Waals surface area (Å²) in [5, 5.41) is 29.7. The van der Waals surface area contributed by atoms with Crippen molar-refractivity contribution in [2.75, 3.05) is 0 Å². The van der Waals surface area contributed by atoms with Crippen molar-refractivity contribution in [3.63, 3.8) is 0 Å². The Morgan fingerprint density at radius 3 is 2.55 bits per heavy atom. The first-order valence-electron chi connectivity index (χ1n) is 12.1. The zero-order valence-electron chi connectivity index (χ0n) is 19.2. The first-order chi connectivity index (χ1) is 13.6. The van der Waals surface area contributed by atoms with Gasteiger partial charge in [-0.3, -0.25) is 0 Å². The molecular weight excluding hydrogens is 360 g/mol. The summed E-state index contributed by atoms with van der Waals surface area (Å²) in [6, 6.07) is 0. The fourth-order valence-corrected chi connectivity index (χ4v) is 6.68. The van der Waals surface area contributed by atoms with Crippen LogP contribution in [0, 0.1) is 23.2 Å². The van der Waals surface area contributed by atoms with E-state index in [0.29, 0.717) is 24.2 Å². The van der Waals surface area contributed by atoms with E-state index in [1.165, 1.54) is 44.1 Å². The van der Waals surface area contributed by atoms with Crippen LogP contribution in [0.3, 0.4) is 0 Å². The molecule has 0 amide bonds. The number of allylic oxidation sites excluding steroid dienone is 3. The summed E-state index contributed by atoms with van der Waals surface area (Å²) >= 11 is 0. The fourth-order valence-electron chi connectivity index (χ4n) is 6.68. The quantitative estimate of drug-likeness (QED) is 0.545. The summed E-state index contributed by atoms with van der Waals surface area (Å²) in [4.78, 5) is 0. The van der Waals surface area contributed by atoms with Crippen molar-refractivity contribution in [2.24, 2.45) is 23.2 Å². The molecule has 3 nitrogen and oxygen atoms in total. The van der Waals surface area contributed by atoms with Gasteiger partial charge in [-0.1, -0.05) is 50.0 Å². The van der Waals surface area contributed by atoms with Crippen molar-refractivity contribution in [1.82, 2.24) is 0 Å². The Balaban J connectivity index is 1.65. The van der Waals surface area contributed by atoms with Crippen LogP contribution in [0.1, 0.15) is 98.3 Å². The van der Waals surface area contributed by atoms with Gasteiger partial charge in [-0.25, -0.2) is 0 Å². The highest BCUT2D eigenvalue weighted by Crippen LogP contribution is 2.59. The van der Waals surface area contributed by atoms with Gasteiger partial charge in [0.05, 0.1) is 17.8 Å². The van der Waals surface area contributed by atoms with E-state index in [9.17, 15) is 15.3 Å². The van der Waals surface area contributed by atoms with Crippen molar-refractivity contribution in [2.45, 2.75) is 116 Å². The van der Waals surface area contributed by atoms with Crippen molar-refractivity contribution >= 4 is 0 Å². The second-order valence-electron chi connectivity index (χ2n) is 11.2. The molecule has 0 aliphatic heterocycles. The van der Waals surface area contributed by atoms with E-state index in [2.05, 4.69) is 26.0 Å². The minimum atomic E-state index is -0.592. The monoisotopic (exact) mass is 404 g/mol. The van der Waals surface area contributed by atoms with Gasteiger partial charge in [-0.2, -0.15) is 0 Å². The van der Waals surface area contributed by atoms with Crippen LogP contribution >= 0.6 is 0 Å². The van der Waals surface area contributed by atoms with E-state index < -0.39 is 17.8 Å². The number of hydrogen-bond donors (Lipinski definition) is 3. The first kappa shape index (κ1) is 23.0. The molecule has 0 saturated heterocycles. The van der Waals surface area contributed by atoms with E-state index in [1.807, 2.05) is 13.8 Å². The van der Waals surface area contributed by atoms with E-state index in [1.54, 1.807) is 5.57 Å². The molecule has 0 aromatic carbocycles. The number of hydrogen-bond acceptors (Lipinski definition) is 3. The summed E-state index contributed by atoms with van der Waals surface area (Å²) < 4.78 is 0. The van der Waals surface area contributed by atoms with Gasteiger partial charge >= 0.3 is 0 Å². The molecule has 3 N–H and O–H groups in total. The van der Waals surface area contributed by atoms with E-state index >= 15 is 0 Å². The molecule has 3 fully saturated rings. The second kappa shape index (κ2) is 9.24. The maximum Gasteiger partial charge on any atom is 0.0836 e. The van der Waals surface area contributed by atoms with E-state index in [-0.39, 0.29) is 0 Å². The minimum Gasteiger partial charge on any atom is -0.390 e. The molecule has 3 aliphatic rings. The number of aliphatic hydroxyl groups is 3. The number of aliphatic hydroxyl groups excluding tert-OH is 2. The predicted molar refractivity (Wildman–Crippen MR) is 120 cm³/mol. The summed E-state index contributed by atoms with van der Waals surface area (Å²) in [6.07, 6.45) is 15.4. The molecule has 3 rings (SSSR count). The molecule has 3 saturated carbocycles. The van der Waals surface area contributed by atoms with Gasteiger partial charge in [0.2, 0.25) is 0 Å². The third-order valence-electron chi connectivity index (χ3n) is 8.38. The maximum atomic E-state index is 10.0. The Morgan fingerprint density at radius 2 is 1.86 bits per heavy atom. The average molecular weight is 405 g/mol. The number of fused-ring (bicyclic) bond motifs is 1. The highest BCUT2D eigenvalue weighted by molar-refractivity contribution is 5.26. The van der Waals surface area contributed by atoms with Crippen LogP contribution in [0.2, 0.25) is 0 Å². The van der Waals surface area contributed by atoms with Crippen LogP contribution in [-0.4, -0.2) is 33.1 Å². The molecule has 3 heteroatoms. The molecule has 6 atom stereocenters. The van der Waals surface area contributed by atoms with Crippen molar-refractivity contribution in [1.29, 1.82) is 0 Å². The van der Waals surface area contributed by atoms with E-state index in [0.717, 1.165) is 31.1 Å². The maximum absolute atomic E-state index is 10.0. The van der Waals surface area contributed by atoms with E-state index in [4.69, 9.17) is 0 Å². The lowest BCUT2D eigenvalue weighted by Gasteiger charge is -2.44. The lowest BCUT2D eigenvalue weighted by molar-refractivity contribution is 0.00411. The lowest BCUT2D eigenvalue weighted by atomic mass is 9.60. The standard InChI is InChI=1S/C26H44O3/c1-18(7-5-15-25(2,3)29)21-12-13-22-20(8-6-16-26(21,22)4)11-9-19-10-14-23(27)24(28)17-19/h9,11,18,21-24,27-29H,5-8,10,12-17H2,1-4H3/b19-9+,20-11+/t18-,21-,22+,23+,24-,26-/m1/s1. The largest absolute Gasteiger partial charge is 0.390 e. The van der Waals surface area contributed by atoms with Gasteiger partial charge in [0.15, 0.2) is 0 Å². The second-order valence-corrected chi connectivity index (χ2v) is 11.2. The molecular formula is C26H44O3. The third-order valence-corrected chi connectivity index (χ3v) is 8.38. The van der Waals surface area contributed by atoms with Crippen LogP contribution in [-0.2, 0) is 0 Å². The molecule has 0 heterocycles. The van der Waals surface area contributed by atoms with Crippen LogP contribution < -0.4 is 0 Å². The van der Waals surface area contributed by atoms with Crippen LogP contribution in [0.4, 0.5) is 0 Å². The minimum absolute atomic E-state index is 0.416. The average Bonchev–Trinajstić information content (AvgIpc) is 2.99. The molecule has 3 aliphatic carbocycles. The van der Waals surface area contributed by atoms with Gasteiger partial charge in [0.25, 0.3) is 0 Å². The Kier molecular flexibility index (Phi) is 7.34. The van der Waals surface area contributed by atoms with Crippen LogP contribution in [0.25, 0.3) is 0 Å². The Labute approximate surface area is 178 Å². The Morgan fingerprint density at radius 1 is 1.10 bits per heavy atom. The highest BCUT2D eigenvalue weighted by atomic mass is 16.3. The molecule has 0 spiro atoms. The first-order valence-corrected chi connectivity index (χ1v) is 12.1. The van der Waals surface area contributed by atoms with Crippen molar-refractivity contribution < 1.29 is 15.3 Å². The van der Waals surface area contributed by atoms with Gasteiger partial charge in [-0.05, 0) is 94.8 Å². The Bertz CT molecular complexity index is 614. The van der Waals surface area contributed by atoms with Crippen LogP contribution in [0.15, 0.2) is 23.3 Å². The van der Waals surface area contributed by atoms with Gasteiger partial charge in [0, 0.05) is 0 Å². The molecule has 0 bridgehead atoms. The molecule has 0 unspecified atom stereocenters. The summed E-state index contributed by atoms with van der Waals surface area (Å²) in [5.74, 6) is 2.21. The topological polar surface area (TPSA) is 60.7 Å². The van der Waals surface area contributed by atoms with Crippen molar-refractivity contribution in [3.05, 3.63) is 23.3 Å². The SMILES string of the molecule is C[C@H](CCCC(C)(C)O)[C@H]1CC[C@H]2/C(=C/C=C3\CC[C@H](O)[C@H](O)C3)CCC[C@]12C. The Hall–Kier alpha value is -0.640. The summed E-state index contributed by atoms with van der Waals surface area (Å²) in [7, 11) is 0. The molecule has 166 valence electrons. The van der Waals surface area contributed by atoms with Gasteiger partial charge in [-0.15, -0.1) is 0 Å². The highest BCUT2D eigenvalue weighted by Gasteiger charge is 2.50. The van der Waals surface area contributed by atoms with Gasteiger partial charge < -0.3 is 15.3 Å². The molecule has 0 aromatic rings. The molecule has 0 aromatic heterocycles. The zero-order chi connectivity index (χ0) is 21.2. The molecule has 0 radical (unpaired) electrons. The summed E-state index contributed by atoms with van der Waals surface area (Å²) in [6.45, 7) is 8.83. The van der Waals surface area contributed by atoms with Crippen LogP contribution in [0.5, 0.6) is 0 Å². The van der Waals surface area contributed by atoms with Crippen molar-refractivity contribution in [3.8, 4) is 0 Å². The predicted octanol–water partition coefficient (Wildman–Crippen LogP) is 5.54. The fraction of sp³-hybridized carbons (Fsp3) is 0.846. The smallest absolute Gasteiger partial charge is 0.0836 e. The molecule has 29 heavy (non-hydrogen) atoms. The lowest BCUT2D eigenvalue weighted by Crippen LogP contribution is -2.36. The third kappa shape index (κ3) is 5.54. The normalized spacial score (nSPS) is 39.7. The van der Waals surface area contributed by atoms with Gasteiger partial charge in [0.1, 0.15) is 0 Å². The summed E-state index contributed by atoms with van der Waals surface area (Å²) in [5.41, 5.74) is 2.79.